The van der Waals surface area contributed by atoms with Crippen molar-refractivity contribution in [2.24, 2.45) is 5.10 Å². The number of nitro groups is 1. The van der Waals surface area contributed by atoms with Crippen LogP contribution >= 0.6 is 15.9 Å². The topological polar surface area (TPSA) is 144 Å². The van der Waals surface area contributed by atoms with Gasteiger partial charge in [0.25, 0.3) is 5.69 Å². The van der Waals surface area contributed by atoms with Crippen molar-refractivity contribution >= 4 is 50.7 Å². The van der Waals surface area contributed by atoms with Crippen LogP contribution in [0.4, 0.5) is 5.69 Å². The Kier molecular flexibility index (Phi) is 5.88. The van der Waals surface area contributed by atoms with E-state index in [1.54, 1.807) is 18.2 Å². The molecule has 1 aromatic heterocycles. The number of benzene rings is 2. The van der Waals surface area contributed by atoms with Gasteiger partial charge in [-0.15, -0.1) is 0 Å². The molecule has 0 unspecified atom stereocenters. The molecule has 10 nitrogen and oxygen atoms in total. The number of fused-ring (bicyclic) bond motifs is 1. The number of nitrogens with one attached hydrogen (secondary N) is 1. The van der Waals surface area contributed by atoms with E-state index in [1.165, 1.54) is 30.5 Å². The molecule has 0 aliphatic heterocycles. The van der Waals surface area contributed by atoms with E-state index in [9.17, 15) is 19.7 Å². The minimum Gasteiger partial charge on any atom is -0.481 e. The van der Waals surface area contributed by atoms with Gasteiger partial charge in [-0.1, -0.05) is 15.9 Å². The summed E-state index contributed by atoms with van der Waals surface area (Å²) in [6, 6.07) is 10.2. The van der Waals surface area contributed by atoms with Crippen molar-refractivity contribution in [3.8, 4) is 5.75 Å². The van der Waals surface area contributed by atoms with Crippen molar-refractivity contribution in [3.05, 3.63) is 68.4 Å². The normalized spacial score (nSPS) is 10.9. The molecule has 1 amide bonds. The molecule has 0 aliphatic carbocycles. The first-order valence-corrected chi connectivity index (χ1v) is 8.78. The second-order valence-electron chi connectivity index (χ2n) is 5.65. The van der Waals surface area contributed by atoms with Crippen molar-refractivity contribution in [2.45, 2.75) is 0 Å². The van der Waals surface area contributed by atoms with Gasteiger partial charge in [0, 0.05) is 27.6 Å². The van der Waals surface area contributed by atoms with Gasteiger partial charge in [-0.25, -0.2) is 10.2 Å². The Balaban J connectivity index is 1.74. The minimum absolute atomic E-state index is 0.0748. The maximum absolute atomic E-state index is 12.2. The molecule has 2 aromatic carbocycles. The summed E-state index contributed by atoms with van der Waals surface area (Å²) < 4.78 is 11.2. The number of carboxylic acid groups (broad SMARTS) is 1. The fourth-order valence-corrected chi connectivity index (χ4v) is 2.74. The van der Waals surface area contributed by atoms with Gasteiger partial charge in [0.2, 0.25) is 0 Å². The summed E-state index contributed by atoms with van der Waals surface area (Å²) in [6.45, 7) is -0.528. The lowest BCUT2D eigenvalue weighted by molar-refractivity contribution is -0.384. The highest BCUT2D eigenvalue weighted by molar-refractivity contribution is 9.10. The zero-order valence-electron chi connectivity index (χ0n) is 14.5. The van der Waals surface area contributed by atoms with Crippen LogP contribution in [0.5, 0.6) is 5.75 Å². The molecule has 0 bridgehead atoms. The van der Waals surface area contributed by atoms with Gasteiger partial charge in [0.1, 0.15) is 11.3 Å². The van der Waals surface area contributed by atoms with Crippen LogP contribution in [0.1, 0.15) is 16.1 Å². The number of hydrogen-bond acceptors (Lipinski definition) is 7. The number of non-ortho nitro benzene ring substituents is 1. The SMILES string of the molecule is O=C(O)COc1ccc(Br)cc1/C=N\NC(=O)c1cc2cc([N+](=O)[O-])ccc2o1. The average Bonchev–Trinajstić information content (AvgIpc) is 3.10. The fraction of sp³-hybridized carbons (Fsp3) is 0.0556. The Morgan fingerprint density at radius 3 is 2.79 bits per heavy atom. The molecule has 0 saturated carbocycles. The molecule has 2 N–H and O–H groups in total. The summed E-state index contributed by atoms with van der Waals surface area (Å²) in [5.41, 5.74) is 2.91. The van der Waals surface area contributed by atoms with Crippen molar-refractivity contribution in [3.63, 3.8) is 0 Å². The number of nitro benzene ring substituents is 1. The maximum Gasteiger partial charge on any atom is 0.341 e. The second kappa shape index (κ2) is 8.52. The molecule has 0 radical (unpaired) electrons. The van der Waals surface area contributed by atoms with E-state index < -0.39 is 23.4 Å². The summed E-state index contributed by atoms with van der Waals surface area (Å²) in [4.78, 5) is 33.2. The van der Waals surface area contributed by atoms with Crippen LogP contribution in [0.3, 0.4) is 0 Å². The highest BCUT2D eigenvalue weighted by Gasteiger charge is 2.14. The first-order valence-electron chi connectivity index (χ1n) is 7.99. The summed E-state index contributed by atoms with van der Waals surface area (Å²) in [5, 5.41) is 23.8. The smallest absolute Gasteiger partial charge is 0.341 e. The number of carbonyl (C=O) groups is 2. The van der Waals surface area contributed by atoms with E-state index in [0.29, 0.717) is 21.0 Å². The number of hydrogen-bond donors (Lipinski definition) is 2. The molecule has 11 heteroatoms. The number of carbonyl (C=O) groups excluding carboxylic acids is 1. The molecular formula is C18H12BrN3O7. The third-order valence-electron chi connectivity index (χ3n) is 3.63. The largest absolute Gasteiger partial charge is 0.481 e. The first-order chi connectivity index (χ1) is 13.8. The van der Waals surface area contributed by atoms with E-state index in [2.05, 4.69) is 26.5 Å². The van der Waals surface area contributed by atoms with Crippen LogP contribution in [0, 0.1) is 10.1 Å². The Morgan fingerprint density at radius 1 is 1.28 bits per heavy atom. The maximum atomic E-state index is 12.2. The summed E-state index contributed by atoms with van der Waals surface area (Å²) in [6.07, 6.45) is 1.29. The van der Waals surface area contributed by atoms with E-state index in [-0.39, 0.29) is 17.2 Å². The molecule has 29 heavy (non-hydrogen) atoms. The summed E-state index contributed by atoms with van der Waals surface area (Å²) in [7, 11) is 0. The van der Waals surface area contributed by atoms with Crippen LogP contribution in [-0.2, 0) is 4.79 Å². The number of rotatable bonds is 7. The first kappa shape index (κ1) is 20.0. The molecule has 148 valence electrons. The minimum atomic E-state index is -1.13. The van der Waals surface area contributed by atoms with Crippen molar-refractivity contribution in [1.82, 2.24) is 5.43 Å². The number of aliphatic carboxylic acids is 1. The predicted molar refractivity (Wildman–Crippen MR) is 105 cm³/mol. The summed E-state index contributed by atoms with van der Waals surface area (Å²) in [5.74, 6) is -1.60. The third kappa shape index (κ3) is 4.96. The van der Waals surface area contributed by atoms with Crippen molar-refractivity contribution < 1.29 is 28.8 Å². The van der Waals surface area contributed by atoms with Crippen LogP contribution in [0.15, 0.2) is 56.5 Å². The monoisotopic (exact) mass is 461 g/mol. The molecule has 0 fully saturated rings. The molecule has 3 rings (SSSR count). The Labute approximate surface area is 171 Å². The van der Waals surface area contributed by atoms with Crippen LogP contribution in [0.25, 0.3) is 11.0 Å². The molecule has 3 aromatic rings. The Bertz CT molecular complexity index is 1140. The lowest BCUT2D eigenvalue weighted by atomic mass is 10.2. The number of ether oxygens (including phenoxy) is 1. The molecular weight excluding hydrogens is 450 g/mol. The Morgan fingerprint density at radius 2 is 2.07 bits per heavy atom. The molecule has 0 spiro atoms. The van der Waals surface area contributed by atoms with Gasteiger partial charge in [-0.2, -0.15) is 5.10 Å². The molecule has 0 aliphatic rings. The standard InChI is InChI=1S/C18H12BrN3O7/c19-12-1-3-14(28-9-17(23)24)11(5-12)8-20-21-18(25)16-7-10-6-13(22(26)27)2-4-15(10)29-16/h1-8H,9H2,(H,21,25)(H,23,24)/b20-8-. The van der Waals surface area contributed by atoms with Gasteiger partial charge in [-0.05, 0) is 30.3 Å². The Hall–Kier alpha value is -3.73. The van der Waals surface area contributed by atoms with Crippen LogP contribution < -0.4 is 10.2 Å². The second-order valence-corrected chi connectivity index (χ2v) is 6.57. The number of amides is 1. The predicted octanol–water partition coefficient (Wildman–Crippen LogP) is 3.33. The third-order valence-corrected chi connectivity index (χ3v) is 4.12. The van der Waals surface area contributed by atoms with Crippen LogP contribution in [0.2, 0.25) is 0 Å². The fourth-order valence-electron chi connectivity index (χ4n) is 2.36. The number of halogens is 1. The zero-order valence-corrected chi connectivity index (χ0v) is 16.1. The van der Waals surface area contributed by atoms with E-state index in [4.69, 9.17) is 14.3 Å². The highest BCUT2D eigenvalue weighted by Crippen LogP contribution is 2.24. The molecule has 1 heterocycles. The van der Waals surface area contributed by atoms with Gasteiger partial charge >= 0.3 is 11.9 Å². The van der Waals surface area contributed by atoms with E-state index in [1.807, 2.05) is 0 Å². The highest BCUT2D eigenvalue weighted by atomic mass is 79.9. The molecule has 0 saturated heterocycles. The number of carboxylic acids is 1. The van der Waals surface area contributed by atoms with E-state index in [0.717, 1.165) is 0 Å². The lowest BCUT2D eigenvalue weighted by Crippen LogP contribution is -2.17. The van der Waals surface area contributed by atoms with Gasteiger partial charge in [-0.3, -0.25) is 14.9 Å². The van der Waals surface area contributed by atoms with E-state index >= 15 is 0 Å². The van der Waals surface area contributed by atoms with Crippen molar-refractivity contribution in [1.29, 1.82) is 0 Å². The van der Waals surface area contributed by atoms with Gasteiger partial charge in [0.15, 0.2) is 12.4 Å². The van der Waals surface area contributed by atoms with Gasteiger partial charge < -0.3 is 14.3 Å². The molecule has 0 atom stereocenters. The number of nitrogens with zero attached hydrogens (tertiary/aromatic N) is 2. The quantitative estimate of drug-likeness (QED) is 0.311. The zero-order chi connectivity index (χ0) is 21.0. The average molecular weight is 462 g/mol. The summed E-state index contributed by atoms with van der Waals surface area (Å²) >= 11 is 3.29. The van der Waals surface area contributed by atoms with Crippen LogP contribution in [-0.4, -0.2) is 34.7 Å². The van der Waals surface area contributed by atoms with Gasteiger partial charge in [0.05, 0.1) is 11.1 Å². The number of furan rings is 1. The lowest BCUT2D eigenvalue weighted by Gasteiger charge is -2.07. The van der Waals surface area contributed by atoms with Crippen molar-refractivity contribution in [2.75, 3.05) is 6.61 Å². The number of hydrazone groups is 1.